The Bertz CT molecular complexity index is 600. The highest BCUT2D eigenvalue weighted by atomic mass is 16.6. The average molecular weight is 378 g/mol. The second kappa shape index (κ2) is 10.2. The van der Waals surface area contributed by atoms with E-state index in [1.165, 1.54) is 0 Å². The lowest BCUT2D eigenvalue weighted by Gasteiger charge is -2.27. The molecule has 0 saturated carbocycles. The van der Waals surface area contributed by atoms with Crippen molar-refractivity contribution in [1.82, 2.24) is 10.2 Å². The molecule has 2 amide bonds. The van der Waals surface area contributed by atoms with Crippen molar-refractivity contribution >= 4 is 12.2 Å². The number of alkyl carbamates (subject to hydrolysis) is 1. The standard InChI is InChI=1S/C20H30N2O5/c1-20(2,3)27-19(24)22-11-12-25-14-17(13-22)9-10-21-18(23)26-15-16-7-5-4-6-8-16/h4-8,17H,9-15H2,1-3H3,(H,21,23). The maximum absolute atomic E-state index is 12.3. The molecule has 7 heteroatoms. The van der Waals surface area contributed by atoms with Gasteiger partial charge in [0.1, 0.15) is 12.2 Å². The molecule has 1 aliphatic heterocycles. The normalized spacial score (nSPS) is 17.7. The smallest absolute Gasteiger partial charge is 0.410 e. The van der Waals surface area contributed by atoms with Crippen LogP contribution in [0.3, 0.4) is 0 Å². The molecule has 0 spiro atoms. The molecule has 1 atom stereocenters. The van der Waals surface area contributed by atoms with Gasteiger partial charge < -0.3 is 24.4 Å². The summed E-state index contributed by atoms with van der Waals surface area (Å²) in [6, 6.07) is 9.53. The zero-order chi connectivity index (χ0) is 19.7. The number of carbonyl (C=O) groups is 2. The maximum atomic E-state index is 12.3. The summed E-state index contributed by atoms with van der Waals surface area (Å²) in [5.41, 5.74) is 0.418. The molecule has 0 aromatic heterocycles. The van der Waals surface area contributed by atoms with Crippen molar-refractivity contribution in [2.75, 3.05) is 32.8 Å². The van der Waals surface area contributed by atoms with Gasteiger partial charge in [0.15, 0.2) is 0 Å². The first-order valence-electron chi connectivity index (χ1n) is 9.34. The molecule has 1 aliphatic rings. The lowest BCUT2D eigenvalue weighted by Crippen LogP contribution is -2.40. The Kier molecular flexibility index (Phi) is 7.91. The number of nitrogens with zero attached hydrogens (tertiary/aromatic N) is 1. The molecule has 0 bridgehead atoms. The fourth-order valence-electron chi connectivity index (χ4n) is 2.70. The number of rotatable bonds is 5. The first-order chi connectivity index (χ1) is 12.8. The van der Waals surface area contributed by atoms with E-state index in [4.69, 9.17) is 14.2 Å². The van der Waals surface area contributed by atoms with Crippen molar-refractivity contribution in [2.24, 2.45) is 5.92 Å². The molecule has 2 rings (SSSR count). The Balaban J connectivity index is 1.70. The lowest BCUT2D eigenvalue weighted by atomic mass is 10.1. The van der Waals surface area contributed by atoms with Crippen molar-refractivity contribution in [3.8, 4) is 0 Å². The summed E-state index contributed by atoms with van der Waals surface area (Å²) in [5, 5.41) is 2.75. The van der Waals surface area contributed by atoms with E-state index >= 15 is 0 Å². The van der Waals surface area contributed by atoms with Gasteiger partial charge in [0.2, 0.25) is 0 Å². The largest absolute Gasteiger partial charge is 0.445 e. The Labute approximate surface area is 161 Å². The van der Waals surface area contributed by atoms with E-state index in [-0.39, 0.29) is 18.6 Å². The highest BCUT2D eigenvalue weighted by Crippen LogP contribution is 2.15. The number of hydrogen-bond acceptors (Lipinski definition) is 5. The zero-order valence-electron chi connectivity index (χ0n) is 16.4. The third kappa shape index (κ3) is 8.30. The van der Waals surface area contributed by atoms with Crippen LogP contribution in [0.4, 0.5) is 9.59 Å². The molecule has 0 aliphatic carbocycles. The van der Waals surface area contributed by atoms with Crippen LogP contribution >= 0.6 is 0 Å². The number of ether oxygens (including phenoxy) is 3. The Morgan fingerprint density at radius 1 is 1.26 bits per heavy atom. The van der Waals surface area contributed by atoms with E-state index in [2.05, 4.69) is 5.32 Å². The fourth-order valence-corrected chi connectivity index (χ4v) is 2.70. The van der Waals surface area contributed by atoms with Gasteiger partial charge >= 0.3 is 12.2 Å². The minimum absolute atomic E-state index is 0.134. The van der Waals surface area contributed by atoms with E-state index in [0.717, 1.165) is 5.56 Å². The monoisotopic (exact) mass is 378 g/mol. The molecule has 1 aromatic carbocycles. The SMILES string of the molecule is CC(C)(C)OC(=O)N1CCOCC(CCNC(=O)OCc2ccccc2)C1. The number of amides is 2. The van der Waals surface area contributed by atoms with Gasteiger partial charge in [-0.15, -0.1) is 0 Å². The van der Waals surface area contributed by atoms with Gasteiger partial charge in [-0.05, 0) is 32.8 Å². The van der Waals surface area contributed by atoms with Gasteiger partial charge in [-0.3, -0.25) is 0 Å². The highest BCUT2D eigenvalue weighted by molar-refractivity contribution is 5.68. The molecule has 150 valence electrons. The topological polar surface area (TPSA) is 77.1 Å². The van der Waals surface area contributed by atoms with Crippen molar-refractivity contribution in [3.63, 3.8) is 0 Å². The summed E-state index contributed by atoms with van der Waals surface area (Å²) in [5.74, 6) is 0.134. The van der Waals surface area contributed by atoms with Gasteiger partial charge in [-0.2, -0.15) is 0 Å². The summed E-state index contributed by atoms with van der Waals surface area (Å²) >= 11 is 0. The Hall–Kier alpha value is -2.28. The number of hydrogen-bond donors (Lipinski definition) is 1. The summed E-state index contributed by atoms with van der Waals surface area (Å²) in [6.07, 6.45) is -0.0784. The average Bonchev–Trinajstić information content (AvgIpc) is 2.85. The molecular formula is C20H30N2O5. The van der Waals surface area contributed by atoms with Crippen molar-refractivity contribution < 1.29 is 23.8 Å². The molecule has 1 N–H and O–H groups in total. The first kappa shape index (κ1) is 21.0. The van der Waals surface area contributed by atoms with Crippen molar-refractivity contribution in [3.05, 3.63) is 35.9 Å². The summed E-state index contributed by atoms with van der Waals surface area (Å²) in [6.45, 7) is 8.36. The number of carbonyl (C=O) groups excluding carboxylic acids is 2. The second-order valence-electron chi connectivity index (χ2n) is 7.64. The first-order valence-corrected chi connectivity index (χ1v) is 9.34. The molecule has 1 heterocycles. The number of benzene rings is 1. The molecule has 0 radical (unpaired) electrons. The molecule has 1 aromatic rings. The third-order valence-electron chi connectivity index (χ3n) is 4.02. The number of nitrogens with one attached hydrogen (secondary N) is 1. The predicted molar refractivity (Wildman–Crippen MR) is 101 cm³/mol. The van der Waals surface area contributed by atoms with Crippen LogP contribution in [0.1, 0.15) is 32.8 Å². The van der Waals surface area contributed by atoms with Crippen LogP contribution in [-0.4, -0.2) is 55.5 Å². The van der Waals surface area contributed by atoms with E-state index in [1.807, 2.05) is 51.1 Å². The molecule has 1 fully saturated rings. The fraction of sp³-hybridized carbons (Fsp3) is 0.600. The third-order valence-corrected chi connectivity index (χ3v) is 4.02. The van der Waals surface area contributed by atoms with Crippen LogP contribution in [0, 0.1) is 5.92 Å². The second-order valence-corrected chi connectivity index (χ2v) is 7.64. The van der Waals surface area contributed by atoms with Crippen LogP contribution < -0.4 is 5.32 Å². The summed E-state index contributed by atoms with van der Waals surface area (Å²) < 4.78 is 16.2. The molecule has 1 unspecified atom stereocenters. The quantitative estimate of drug-likeness (QED) is 0.851. The summed E-state index contributed by atoms with van der Waals surface area (Å²) in [4.78, 5) is 25.8. The highest BCUT2D eigenvalue weighted by Gasteiger charge is 2.26. The molecule has 1 saturated heterocycles. The van der Waals surface area contributed by atoms with Gasteiger partial charge in [0.05, 0.1) is 13.2 Å². The van der Waals surface area contributed by atoms with Crippen LogP contribution in [-0.2, 0) is 20.8 Å². The van der Waals surface area contributed by atoms with E-state index in [0.29, 0.717) is 39.3 Å². The van der Waals surface area contributed by atoms with Crippen LogP contribution in [0.2, 0.25) is 0 Å². The minimum Gasteiger partial charge on any atom is -0.445 e. The van der Waals surface area contributed by atoms with E-state index in [9.17, 15) is 9.59 Å². The molecular weight excluding hydrogens is 348 g/mol. The molecule has 27 heavy (non-hydrogen) atoms. The maximum Gasteiger partial charge on any atom is 0.410 e. The Morgan fingerprint density at radius 3 is 2.70 bits per heavy atom. The van der Waals surface area contributed by atoms with Crippen LogP contribution in [0.25, 0.3) is 0 Å². The van der Waals surface area contributed by atoms with Crippen LogP contribution in [0.5, 0.6) is 0 Å². The van der Waals surface area contributed by atoms with Crippen LogP contribution in [0.15, 0.2) is 30.3 Å². The Morgan fingerprint density at radius 2 is 2.00 bits per heavy atom. The van der Waals surface area contributed by atoms with E-state index in [1.54, 1.807) is 4.90 Å². The minimum atomic E-state index is -0.524. The lowest BCUT2D eigenvalue weighted by molar-refractivity contribution is 0.0232. The molecule has 7 nitrogen and oxygen atoms in total. The predicted octanol–water partition coefficient (Wildman–Crippen LogP) is 3.19. The van der Waals surface area contributed by atoms with Gasteiger partial charge in [-0.1, -0.05) is 30.3 Å². The van der Waals surface area contributed by atoms with Gasteiger partial charge in [-0.25, -0.2) is 9.59 Å². The summed E-state index contributed by atoms with van der Waals surface area (Å²) in [7, 11) is 0. The van der Waals surface area contributed by atoms with Gasteiger partial charge in [0, 0.05) is 25.6 Å². The van der Waals surface area contributed by atoms with Gasteiger partial charge in [0.25, 0.3) is 0 Å². The van der Waals surface area contributed by atoms with Crippen molar-refractivity contribution in [2.45, 2.75) is 39.4 Å². The zero-order valence-corrected chi connectivity index (χ0v) is 16.4. The van der Waals surface area contributed by atoms with Crippen molar-refractivity contribution in [1.29, 1.82) is 0 Å². The van der Waals surface area contributed by atoms with E-state index < -0.39 is 11.7 Å².